The van der Waals surface area contributed by atoms with Crippen LogP contribution in [0.25, 0.3) is 0 Å². The normalized spacial score (nSPS) is 12.1. The van der Waals surface area contributed by atoms with Gasteiger partial charge in [0.1, 0.15) is 5.01 Å². The summed E-state index contributed by atoms with van der Waals surface area (Å²) in [6.07, 6.45) is 1.98. The van der Waals surface area contributed by atoms with Crippen LogP contribution in [0.3, 0.4) is 0 Å². The fourth-order valence-corrected chi connectivity index (χ4v) is 2.52. The number of nitrogens with zero attached hydrogens (tertiary/aromatic N) is 4. The minimum atomic E-state index is 0.0906. The van der Waals surface area contributed by atoms with Crippen molar-refractivity contribution in [3.05, 3.63) is 27.5 Å². The van der Waals surface area contributed by atoms with Gasteiger partial charge in [-0.2, -0.15) is 0 Å². The molecular weight excluding hydrogens is 258 g/mol. The Morgan fingerprint density at radius 1 is 1.32 bits per heavy atom. The Kier molecular flexibility index (Phi) is 4.01. The van der Waals surface area contributed by atoms with Gasteiger partial charge in [-0.3, -0.25) is 0 Å². The maximum Gasteiger partial charge on any atom is 0.115 e. The minimum Gasteiger partial charge on any atom is -0.306 e. The van der Waals surface area contributed by atoms with Gasteiger partial charge in [0, 0.05) is 17.0 Å². The Morgan fingerprint density at radius 3 is 2.63 bits per heavy atom. The van der Waals surface area contributed by atoms with Crippen molar-refractivity contribution in [3.63, 3.8) is 0 Å². The second-order valence-corrected chi connectivity index (χ2v) is 7.05. The molecule has 0 aliphatic heterocycles. The largest absolute Gasteiger partial charge is 0.306 e. The van der Waals surface area contributed by atoms with Gasteiger partial charge in [-0.25, -0.2) is 9.67 Å². The zero-order valence-corrected chi connectivity index (χ0v) is 13.0. The first kappa shape index (κ1) is 14.1. The molecule has 0 aromatic carbocycles. The number of aryl methyl sites for hydroxylation is 2. The van der Waals surface area contributed by atoms with Crippen LogP contribution in [-0.4, -0.2) is 25.5 Å². The smallest absolute Gasteiger partial charge is 0.115 e. The molecule has 0 bridgehead atoms. The standard InChI is InChI=1S/C13H21N5S/c1-9-10(2)19-12(15-9)8-18-7-11(16-17-18)6-14-13(3,4)5/h7,14H,6,8H2,1-5H3. The van der Waals surface area contributed by atoms with E-state index in [-0.39, 0.29) is 5.54 Å². The SMILES string of the molecule is Cc1nc(Cn2cc(CNC(C)(C)C)nn2)sc1C. The Labute approximate surface area is 118 Å². The van der Waals surface area contributed by atoms with E-state index in [4.69, 9.17) is 0 Å². The number of hydrogen-bond acceptors (Lipinski definition) is 5. The maximum atomic E-state index is 4.51. The van der Waals surface area contributed by atoms with Gasteiger partial charge in [-0.15, -0.1) is 16.4 Å². The molecule has 6 heteroatoms. The molecule has 0 saturated heterocycles. The summed E-state index contributed by atoms with van der Waals surface area (Å²) < 4.78 is 1.84. The van der Waals surface area contributed by atoms with Crippen LogP contribution < -0.4 is 5.32 Å². The second-order valence-electron chi connectivity index (χ2n) is 5.76. The molecule has 1 N–H and O–H groups in total. The van der Waals surface area contributed by atoms with Crippen LogP contribution in [0, 0.1) is 13.8 Å². The molecule has 5 nitrogen and oxygen atoms in total. The lowest BCUT2D eigenvalue weighted by atomic mass is 10.1. The first-order valence-corrected chi connectivity index (χ1v) is 7.22. The summed E-state index contributed by atoms with van der Waals surface area (Å²) in [4.78, 5) is 5.78. The predicted molar refractivity (Wildman–Crippen MR) is 77.3 cm³/mol. The highest BCUT2D eigenvalue weighted by Crippen LogP contribution is 2.17. The van der Waals surface area contributed by atoms with Gasteiger partial charge < -0.3 is 5.32 Å². The summed E-state index contributed by atoms with van der Waals surface area (Å²) >= 11 is 1.72. The van der Waals surface area contributed by atoms with Gasteiger partial charge in [0.25, 0.3) is 0 Å². The molecule has 0 atom stereocenters. The highest BCUT2D eigenvalue weighted by atomic mass is 32.1. The van der Waals surface area contributed by atoms with E-state index in [1.807, 2.05) is 17.8 Å². The molecule has 0 spiro atoms. The predicted octanol–water partition coefficient (Wildman–Crippen LogP) is 2.29. The van der Waals surface area contributed by atoms with Gasteiger partial charge in [0.15, 0.2) is 0 Å². The third-order valence-electron chi connectivity index (χ3n) is 2.76. The van der Waals surface area contributed by atoms with Gasteiger partial charge in [-0.1, -0.05) is 5.21 Å². The van der Waals surface area contributed by atoms with Crippen molar-refractivity contribution in [2.24, 2.45) is 0 Å². The average molecular weight is 279 g/mol. The molecule has 2 aromatic heterocycles. The van der Waals surface area contributed by atoms with Crippen molar-refractivity contribution < 1.29 is 0 Å². The first-order chi connectivity index (χ1) is 8.83. The molecule has 0 aliphatic rings. The van der Waals surface area contributed by atoms with Gasteiger partial charge in [0.2, 0.25) is 0 Å². The second kappa shape index (κ2) is 5.38. The molecule has 0 fully saturated rings. The summed E-state index contributed by atoms with van der Waals surface area (Å²) in [5.74, 6) is 0. The molecule has 0 amide bonds. The molecular formula is C13H21N5S. The van der Waals surface area contributed by atoms with E-state index in [0.29, 0.717) is 6.54 Å². The lowest BCUT2D eigenvalue weighted by Gasteiger charge is -2.19. The Hall–Kier alpha value is -1.27. The lowest BCUT2D eigenvalue weighted by Crippen LogP contribution is -2.35. The van der Waals surface area contributed by atoms with E-state index in [2.05, 4.69) is 48.3 Å². The Morgan fingerprint density at radius 2 is 2.05 bits per heavy atom. The van der Waals surface area contributed by atoms with E-state index >= 15 is 0 Å². The van der Waals surface area contributed by atoms with Crippen LogP contribution in [0.1, 0.15) is 42.0 Å². The molecule has 0 unspecified atom stereocenters. The molecule has 0 saturated carbocycles. The monoisotopic (exact) mass is 279 g/mol. The lowest BCUT2D eigenvalue weighted by molar-refractivity contribution is 0.421. The number of hydrogen-bond donors (Lipinski definition) is 1. The fraction of sp³-hybridized carbons (Fsp3) is 0.615. The van der Waals surface area contributed by atoms with Crippen molar-refractivity contribution in [2.45, 2.75) is 53.2 Å². The summed E-state index contributed by atoms with van der Waals surface area (Å²) in [6, 6.07) is 0. The number of aromatic nitrogens is 4. The van der Waals surface area contributed by atoms with Crippen LogP contribution in [0.2, 0.25) is 0 Å². The fourth-order valence-electron chi connectivity index (χ4n) is 1.60. The molecule has 0 aliphatic carbocycles. The number of thiazole rings is 1. The van der Waals surface area contributed by atoms with Crippen LogP contribution in [-0.2, 0) is 13.1 Å². The van der Waals surface area contributed by atoms with Crippen LogP contribution in [0.4, 0.5) is 0 Å². The third-order valence-corrected chi connectivity index (χ3v) is 3.81. The number of nitrogens with one attached hydrogen (secondary N) is 1. The molecule has 2 aromatic rings. The van der Waals surface area contributed by atoms with E-state index in [9.17, 15) is 0 Å². The van der Waals surface area contributed by atoms with E-state index in [1.54, 1.807) is 11.3 Å². The van der Waals surface area contributed by atoms with Crippen LogP contribution >= 0.6 is 11.3 Å². The van der Waals surface area contributed by atoms with Crippen molar-refractivity contribution >= 4 is 11.3 Å². The topological polar surface area (TPSA) is 55.6 Å². The van der Waals surface area contributed by atoms with E-state index in [0.717, 1.165) is 22.9 Å². The molecule has 0 radical (unpaired) electrons. The molecule has 2 rings (SSSR count). The summed E-state index contributed by atoms with van der Waals surface area (Å²) in [5.41, 5.74) is 2.16. The van der Waals surface area contributed by atoms with Gasteiger partial charge in [-0.05, 0) is 34.6 Å². The zero-order chi connectivity index (χ0) is 14.0. The van der Waals surface area contributed by atoms with Crippen LogP contribution in [0.15, 0.2) is 6.20 Å². The number of rotatable bonds is 4. The van der Waals surface area contributed by atoms with Crippen molar-refractivity contribution in [1.29, 1.82) is 0 Å². The maximum absolute atomic E-state index is 4.51. The Bertz CT molecular complexity index is 530. The minimum absolute atomic E-state index is 0.0906. The van der Waals surface area contributed by atoms with Crippen molar-refractivity contribution in [2.75, 3.05) is 0 Å². The third kappa shape index (κ3) is 4.11. The summed E-state index contributed by atoms with van der Waals surface area (Å²) in [5, 5.41) is 12.8. The Balaban J connectivity index is 1.97. The zero-order valence-electron chi connectivity index (χ0n) is 12.2. The molecule has 19 heavy (non-hydrogen) atoms. The first-order valence-electron chi connectivity index (χ1n) is 6.40. The summed E-state index contributed by atoms with van der Waals surface area (Å²) in [6.45, 7) is 12.0. The van der Waals surface area contributed by atoms with Gasteiger partial charge in [0.05, 0.1) is 24.1 Å². The van der Waals surface area contributed by atoms with E-state index in [1.165, 1.54) is 4.88 Å². The van der Waals surface area contributed by atoms with Crippen molar-refractivity contribution in [3.8, 4) is 0 Å². The quantitative estimate of drug-likeness (QED) is 0.933. The van der Waals surface area contributed by atoms with Gasteiger partial charge >= 0.3 is 0 Å². The van der Waals surface area contributed by atoms with Crippen LogP contribution in [0.5, 0.6) is 0 Å². The van der Waals surface area contributed by atoms with E-state index < -0.39 is 0 Å². The highest BCUT2D eigenvalue weighted by Gasteiger charge is 2.11. The molecule has 2 heterocycles. The highest BCUT2D eigenvalue weighted by molar-refractivity contribution is 7.11. The average Bonchev–Trinajstić information content (AvgIpc) is 2.84. The van der Waals surface area contributed by atoms with Crippen molar-refractivity contribution in [1.82, 2.24) is 25.3 Å². The molecule has 104 valence electrons. The summed E-state index contributed by atoms with van der Waals surface area (Å²) in [7, 11) is 0.